The fourth-order valence-electron chi connectivity index (χ4n) is 3.30. The lowest BCUT2D eigenvalue weighted by Gasteiger charge is -2.23. The SMILES string of the molecule is COc1ccc(S(=O)(=O)N2CCC[C@H]2Cn2nnc(-c3ccccn3)n2)cc1. The molecule has 0 spiro atoms. The number of hydrogen-bond donors (Lipinski definition) is 0. The molecule has 3 heterocycles. The van der Waals surface area contributed by atoms with Crippen LogP contribution in [0.3, 0.4) is 0 Å². The monoisotopic (exact) mass is 400 g/mol. The predicted molar refractivity (Wildman–Crippen MR) is 101 cm³/mol. The maximum Gasteiger partial charge on any atom is 0.243 e. The number of tetrazole rings is 1. The molecule has 1 atom stereocenters. The van der Waals surface area contributed by atoms with Crippen LogP contribution in [-0.2, 0) is 16.6 Å². The van der Waals surface area contributed by atoms with Gasteiger partial charge >= 0.3 is 0 Å². The molecule has 2 aromatic heterocycles. The van der Waals surface area contributed by atoms with Crippen LogP contribution in [0.5, 0.6) is 5.75 Å². The molecule has 1 aliphatic heterocycles. The third-order valence-corrected chi connectivity index (χ3v) is 6.68. The standard InChI is InChI=1S/C18H20N6O3S/c1-27-15-7-9-16(10-8-15)28(25,26)23-12-4-5-14(23)13-24-21-18(20-22-24)17-6-2-3-11-19-17/h2-3,6-11,14H,4-5,12-13H2,1H3/t14-/m0/s1. The van der Waals surface area contributed by atoms with Crippen molar-refractivity contribution in [2.75, 3.05) is 13.7 Å². The van der Waals surface area contributed by atoms with E-state index in [1.54, 1.807) is 43.6 Å². The second kappa shape index (κ2) is 7.64. The van der Waals surface area contributed by atoms with Gasteiger partial charge in [0, 0.05) is 18.8 Å². The molecule has 0 unspecified atom stereocenters. The quantitative estimate of drug-likeness (QED) is 0.619. The molecule has 10 heteroatoms. The van der Waals surface area contributed by atoms with Gasteiger partial charge in [0.05, 0.1) is 18.6 Å². The molecular weight excluding hydrogens is 380 g/mol. The molecule has 0 N–H and O–H groups in total. The fourth-order valence-corrected chi connectivity index (χ4v) is 4.98. The van der Waals surface area contributed by atoms with Crippen LogP contribution in [-0.4, -0.2) is 57.6 Å². The van der Waals surface area contributed by atoms with Crippen molar-refractivity contribution in [1.82, 2.24) is 29.5 Å². The van der Waals surface area contributed by atoms with Gasteiger partial charge in [0.15, 0.2) is 0 Å². The number of pyridine rings is 1. The first-order chi connectivity index (χ1) is 13.6. The Morgan fingerprint density at radius 2 is 2.00 bits per heavy atom. The molecule has 0 radical (unpaired) electrons. The highest BCUT2D eigenvalue weighted by Gasteiger charge is 2.36. The minimum Gasteiger partial charge on any atom is -0.497 e. The number of rotatable bonds is 6. The van der Waals surface area contributed by atoms with E-state index >= 15 is 0 Å². The highest BCUT2D eigenvalue weighted by Crippen LogP contribution is 2.28. The van der Waals surface area contributed by atoms with Crippen LogP contribution in [0.25, 0.3) is 11.5 Å². The summed E-state index contributed by atoms with van der Waals surface area (Å²) in [7, 11) is -2.06. The highest BCUT2D eigenvalue weighted by atomic mass is 32.2. The van der Waals surface area contributed by atoms with Crippen LogP contribution in [0, 0.1) is 0 Å². The Balaban J connectivity index is 1.53. The zero-order chi connectivity index (χ0) is 19.6. The van der Waals surface area contributed by atoms with E-state index < -0.39 is 10.0 Å². The van der Waals surface area contributed by atoms with Crippen molar-refractivity contribution < 1.29 is 13.2 Å². The van der Waals surface area contributed by atoms with E-state index in [-0.39, 0.29) is 10.9 Å². The summed E-state index contributed by atoms with van der Waals surface area (Å²) < 4.78 is 32.8. The van der Waals surface area contributed by atoms with Gasteiger partial charge in [-0.25, -0.2) is 8.42 Å². The average Bonchev–Trinajstić information content (AvgIpc) is 3.39. The van der Waals surface area contributed by atoms with Gasteiger partial charge in [0.1, 0.15) is 11.4 Å². The molecule has 0 saturated carbocycles. The zero-order valence-corrected chi connectivity index (χ0v) is 16.2. The molecule has 3 aromatic rings. The molecule has 1 saturated heterocycles. The predicted octanol–water partition coefficient (Wildman–Crippen LogP) is 1.60. The summed E-state index contributed by atoms with van der Waals surface area (Å²) in [6, 6.07) is 11.7. The second-order valence-electron chi connectivity index (χ2n) is 6.47. The zero-order valence-electron chi connectivity index (χ0n) is 15.3. The Kier molecular flexibility index (Phi) is 5.05. The Morgan fingerprint density at radius 3 is 2.71 bits per heavy atom. The third-order valence-electron chi connectivity index (χ3n) is 4.71. The molecule has 0 amide bonds. The van der Waals surface area contributed by atoms with Crippen molar-refractivity contribution in [3.8, 4) is 17.3 Å². The summed E-state index contributed by atoms with van der Waals surface area (Å²) in [5.74, 6) is 1.04. The lowest BCUT2D eigenvalue weighted by atomic mass is 10.2. The summed E-state index contributed by atoms with van der Waals surface area (Å²) >= 11 is 0. The van der Waals surface area contributed by atoms with Crippen LogP contribution < -0.4 is 4.74 Å². The second-order valence-corrected chi connectivity index (χ2v) is 8.36. The van der Waals surface area contributed by atoms with Crippen LogP contribution in [0.1, 0.15) is 12.8 Å². The first-order valence-electron chi connectivity index (χ1n) is 8.93. The first kappa shape index (κ1) is 18.5. The summed E-state index contributed by atoms with van der Waals surface area (Å²) in [5, 5.41) is 12.4. The summed E-state index contributed by atoms with van der Waals surface area (Å²) in [6.45, 7) is 0.816. The number of nitrogens with zero attached hydrogens (tertiary/aromatic N) is 6. The van der Waals surface area contributed by atoms with E-state index in [9.17, 15) is 8.42 Å². The topological polar surface area (TPSA) is 103 Å². The van der Waals surface area contributed by atoms with Crippen molar-refractivity contribution in [2.24, 2.45) is 0 Å². The maximum absolute atomic E-state index is 13.1. The molecule has 1 aromatic carbocycles. The Morgan fingerprint density at radius 1 is 1.18 bits per heavy atom. The minimum absolute atomic E-state index is 0.224. The van der Waals surface area contributed by atoms with Crippen molar-refractivity contribution in [3.63, 3.8) is 0 Å². The largest absolute Gasteiger partial charge is 0.497 e. The number of methoxy groups -OCH3 is 1. The van der Waals surface area contributed by atoms with E-state index in [2.05, 4.69) is 20.4 Å². The molecule has 28 heavy (non-hydrogen) atoms. The number of ether oxygens (including phenoxy) is 1. The summed E-state index contributed by atoms with van der Waals surface area (Å²) in [5.41, 5.74) is 0.628. The van der Waals surface area contributed by atoms with E-state index in [4.69, 9.17) is 4.74 Å². The van der Waals surface area contributed by atoms with Crippen LogP contribution in [0.4, 0.5) is 0 Å². The molecule has 146 valence electrons. The van der Waals surface area contributed by atoms with Crippen LogP contribution in [0.2, 0.25) is 0 Å². The van der Waals surface area contributed by atoms with Gasteiger partial charge in [0.25, 0.3) is 0 Å². The molecule has 9 nitrogen and oxygen atoms in total. The number of hydrogen-bond acceptors (Lipinski definition) is 7. The van der Waals surface area contributed by atoms with Crippen LogP contribution in [0.15, 0.2) is 53.6 Å². The van der Waals surface area contributed by atoms with E-state index in [1.807, 2.05) is 12.1 Å². The number of benzene rings is 1. The molecule has 0 aliphatic carbocycles. The van der Waals surface area contributed by atoms with Crippen molar-refractivity contribution in [2.45, 2.75) is 30.3 Å². The molecule has 4 rings (SSSR count). The Bertz CT molecular complexity index is 1040. The normalized spacial score (nSPS) is 17.7. The Labute approximate surface area is 163 Å². The Hall–Kier alpha value is -2.85. The van der Waals surface area contributed by atoms with Crippen molar-refractivity contribution in [3.05, 3.63) is 48.7 Å². The van der Waals surface area contributed by atoms with Crippen molar-refractivity contribution in [1.29, 1.82) is 0 Å². The van der Waals surface area contributed by atoms with Gasteiger partial charge in [0.2, 0.25) is 15.8 Å². The highest BCUT2D eigenvalue weighted by molar-refractivity contribution is 7.89. The smallest absolute Gasteiger partial charge is 0.243 e. The number of sulfonamides is 1. The number of aromatic nitrogens is 5. The maximum atomic E-state index is 13.1. The summed E-state index contributed by atoms with van der Waals surface area (Å²) in [6.07, 6.45) is 3.20. The van der Waals surface area contributed by atoms with Crippen molar-refractivity contribution >= 4 is 10.0 Å². The molecule has 1 fully saturated rings. The van der Waals surface area contributed by atoms with E-state index in [0.717, 1.165) is 12.8 Å². The first-order valence-corrected chi connectivity index (χ1v) is 10.4. The third kappa shape index (κ3) is 3.60. The van der Waals surface area contributed by atoms with Crippen LogP contribution >= 0.6 is 0 Å². The van der Waals surface area contributed by atoms with Gasteiger partial charge in [-0.1, -0.05) is 6.07 Å². The average molecular weight is 400 g/mol. The lowest BCUT2D eigenvalue weighted by molar-refractivity contribution is 0.323. The molecule has 1 aliphatic rings. The lowest BCUT2D eigenvalue weighted by Crippen LogP contribution is -2.38. The van der Waals surface area contributed by atoms with Gasteiger partial charge in [-0.05, 0) is 54.5 Å². The summed E-state index contributed by atoms with van der Waals surface area (Å²) in [4.78, 5) is 5.90. The van der Waals surface area contributed by atoms with Gasteiger partial charge in [-0.2, -0.15) is 9.10 Å². The van der Waals surface area contributed by atoms with Gasteiger partial charge < -0.3 is 4.74 Å². The minimum atomic E-state index is -3.60. The van der Waals surface area contributed by atoms with Gasteiger partial charge in [-0.3, -0.25) is 4.98 Å². The van der Waals surface area contributed by atoms with E-state index in [0.29, 0.717) is 30.4 Å². The van der Waals surface area contributed by atoms with Gasteiger partial charge in [-0.15, -0.1) is 10.2 Å². The molecule has 0 bridgehead atoms. The molecular formula is C18H20N6O3S. The van der Waals surface area contributed by atoms with E-state index in [1.165, 1.54) is 9.10 Å². The fraction of sp³-hybridized carbons (Fsp3) is 0.333.